The summed E-state index contributed by atoms with van der Waals surface area (Å²) in [5.74, 6) is -0.754. The average molecular weight is 329 g/mol. The number of nitriles is 1. The number of rotatable bonds is 1. The van der Waals surface area contributed by atoms with Gasteiger partial charge < -0.3 is 4.74 Å². The van der Waals surface area contributed by atoms with Crippen LogP contribution in [-0.4, -0.2) is 16.1 Å². The molecule has 0 amide bonds. The largest absolute Gasteiger partial charge is 0.422 e. The quantitative estimate of drug-likeness (QED) is 0.829. The Balaban J connectivity index is 2.26. The molecule has 1 aliphatic heterocycles. The number of aromatic amines is 1. The number of fused-ring (bicyclic) bond motifs is 1. The maximum Gasteiger partial charge on any atom is 0.243 e. The van der Waals surface area contributed by atoms with Gasteiger partial charge in [0.1, 0.15) is 5.92 Å². The minimum absolute atomic E-state index is 0.0862. The van der Waals surface area contributed by atoms with Gasteiger partial charge in [0.15, 0.2) is 0 Å². The van der Waals surface area contributed by atoms with Crippen molar-refractivity contribution in [1.82, 2.24) is 10.2 Å². The lowest BCUT2D eigenvalue weighted by atomic mass is 9.76. The first-order valence-corrected chi connectivity index (χ1v) is 7.71. The van der Waals surface area contributed by atoms with Crippen LogP contribution in [0.4, 0.5) is 0 Å². The van der Waals surface area contributed by atoms with Crippen LogP contribution in [0, 0.1) is 22.7 Å². The normalized spacial score (nSPS) is 20.6. The minimum Gasteiger partial charge on any atom is -0.422 e. The van der Waals surface area contributed by atoms with Gasteiger partial charge in [0.2, 0.25) is 11.8 Å². The number of halogens is 1. The Morgan fingerprint density at radius 2 is 2.13 bits per heavy atom. The summed E-state index contributed by atoms with van der Waals surface area (Å²) in [5, 5.41) is 25.5. The Kier molecular flexibility index (Phi) is 3.65. The van der Waals surface area contributed by atoms with Gasteiger partial charge in [-0.15, -0.1) is 5.10 Å². The van der Waals surface area contributed by atoms with E-state index in [1.807, 2.05) is 18.2 Å². The van der Waals surface area contributed by atoms with E-state index in [-0.39, 0.29) is 17.2 Å². The number of aromatic nitrogens is 2. The highest BCUT2D eigenvalue weighted by atomic mass is 35.5. The summed E-state index contributed by atoms with van der Waals surface area (Å²) in [7, 11) is 0. The molecule has 2 heterocycles. The van der Waals surface area contributed by atoms with Crippen LogP contribution >= 0.6 is 11.6 Å². The van der Waals surface area contributed by atoms with Gasteiger partial charge in [0.05, 0.1) is 6.07 Å². The van der Waals surface area contributed by atoms with Crippen molar-refractivity contribution in [3.63, 3.8) is 0 Å². The van der Waals surface area contributed by atoms with Crippen LogP contribution in [0.3, 0.4) is 0 Å². The van der Waals surface area contributed by atoms with Crippen LogP contribution in [0.5, 0.6) is 5.88 Å². The zero-order valence-corrected chi connectivity index (χ0v) is 13.9. The first-order valence-electron chi connectivity index (χ1n) is 7.33. The summed E-state index contributed by atoms with van der Waals surface area (Å²) < 4.78 is 5.48. The highest BCUT2D eigenvalue weighted by molar-refractivity contribution is 6.30. The van der Waals surface area contributed by atoms with Crippen molar-refractivity contribution in [3.8, 4) is 11.9 Å². The second-order valence-electron chi connectivity index (χ2n) is 6.67. The topological polar surface area (TPSA) is 85.5 Å². The molecular weight excluding hydrogens is 312 g/mol. The van der Waals surface area contributed by atoms with Crippen molar-refractivity contribution in [1.29, 1.82) is 10.7 Å². The molecule has 23 heavy (non-hydrogen) atoms. The molecule has 5 nitrogen and oxygen atoms in total. The predicted octanol–water partition coefficient (Wildman–Crippen LogP) is 4.00. The number of H-pyrrole nitrogens is 1. The lowest BCUT2D eigenvalue weighted by Gasteiger charge is -2.30. The monoisotopic (exact) mass is 328 g/mol. The standard InChI is InChI=1S/C17H17ClN4O/c1-17(2,3)14-13-12(9-5-4-6-10(18)7-9)11(8-19)15(20)23-16(13)22-21-14/h4-7,11-12,20H,1-3H3,(H,21,22). The van der Waals surface area contributed by atoms with Crippen LogP contribution < -0.4 is 4.74 Å². The van der Waals surface area contributed by atoms with Crippen molar-refractivity contribution in [3.05, 3.63) is 46.1 Å². The molecule has 118 valence electrons. The molecule has 0 fully saturated rings. The van der Waals surface area contributed by atoms with Crippen molar-refractivity contribution >= 4 is 17.5 Å². The summed E-state index contributed by atoms with van der Waals surface area (Å²) in [6.45, 7) is 6.20. The number of nitrogens with one attached hydrogen (secondary N) is 2. The van der Waals surface area contributed by atoms with E-state index in [4.69, 9.17) is 21.7 Å². The number of hydrogen-bond acceptors (Lipinski definition) is 4. The van der Waals surface area contributed by atoms with Gasteiger partial charge in [-0.25, -0.2) is 0 Å². The first kappa shape index (κ1) is 15.6. The van der Waals surface area contributed by atoms with Gasteiger partial charge in [-0.3, -0.25) is 10.5 Å². The zero-order chi connectivity index (χ0) is 16.8. The van der Waals surface area contributed by atoms with Gasteiger partial charge in [-0.2, -0.15) is 5.26 Å². The highest BCUT2D eigenvalue weighted by Crippen LogP contribution is 2.45. The molecule has 1 aliphatic rings. The minimum atomic E-state index is -0.709. The molecule has 2 N–H and O–H groups in total. The van der Waals surface area contributed by atoms with Gasteiger partial charge in [-0.1, -0.05) is 44.5 Å². The van der Waals surface area contributed by atoms with Gasteiger partial charge in [0, 0.05) is 27.6 Å². The lowest BCUT2D eigenvalue weighted by molar-refractivity contribution is 0.433. The summed E-state index contributed by atoms with van der Waals surface area (Å²) in [6, 6.07) is 9.59. The Labute approximate surface area is 139 Å². The summed E-state index contributed by atoms with van der Waals surface area (Å²) >= 11 is 6.13. The van der Waals surface area contributed by atoms with Crippen molar-refractivity contribution in [2.24, 2.45) is 5.92 Å². The molecular formula is C17H17ClN4O. The SMILES string of the molecule is CC(C)(C)c1[nH]nc2c1C(c1cccc(Cl)c1)C(C#N)C(=N)O2. The molecule has 2 unspecified atom stereocenters. The fourth-order valence-electron chi connectivity index (χ4n) is 2.95. The molecule has 3 rings (SSSR count). The Bertz CT molecular complexity index is 813. The van der Waals surface area contributed by atoms with Crippen molar-refractivity contribution in [2.75, 3.05) is 0 Å². The molecule has 0 aliphatic carbocycles. The second-order valence-corrected chi connectivity index (χ2v) is 7.11. The van der Waals surface area contributed by atoms with Crippen molar-refractivity contribution < 1.29 is 4.74 Å². The third-order valence-electron chi connectivity index (χ3n) is 4.00. The molecule has 1 aromatic carbocycles. The molecule has 0 bridgehead atoms. The molecule has 6 heteroatoms. The van der Waals surface area contributed by atoms with Gasteiger partial charge in [-0.05, 0) is 17.7 Å². The summed E-state index contributed by atoms with van der Waals surface area (Å²) in [6.07, 6.45) is 0. The van der Waals surface area contributed by atoms with E-state index >= 15 is 0 Å². The van der Waals surface area contributed by atoms with Crippen molar-refractivity contribution in [2.45, 2.75) is 32.1 Å². The molecule has 2 atom stereocenters. The maximum atomic E-state index is 9.58. The smallest absolute Gasteiger partial charge is 0.243 e. The predicted molar refractivity (Wildman–Crippen MR) is 88.0 cm³/mol. The summed E-state index contributed by atoms with van der Waals surface area (Å²) in [4.78, 5) is 0. The van der Waals surface area contributed by atoms with Crippen LogP contribution in [-0.2, 0) is 5.41 Å². The molecule has 0 saturated heterocycles. The number of benzene rings is 1. The van der Waals surface area contributed by atoms with Gasteiger partial charge >= 0.3 is 0 Å². The third kappa shape index (κ3) is 2.60. The van der Waals surface area contributed by atoms with Crippen LogP contribution in [0.1, 0.15) is 43.5 Å². The van der Waals surface area contributed by atoms with Crippen LogP contribution in [0.25, 0.3) is 0 Å². The molecule has 2 aromatic rings. The molecule has 0 saturated carbocycles. The fourth-order valence-corrected chi connectivity index (χ4v) is 3.15. The molecule has 0 spiro atoms. The van der Waals surface area contributed by atoms with E-state index in [1.165, 1.54) is 0 Å². The van der Waals surface area contributed by atoms with Crippen LogP contribution in [0.15, 0.2) is 24.3 Å². The average Bonchev–Trinajstić information content (AvgIpc) is 2.89. The van der Waals surface area contributed by atoms with E-state index in [9.17, 15) is 5.26 Å². The maximum absolute atomic E-state index is 9.58. The number of ether oxygens (including phenoxy) is 1. The third-order valence-corrected chi connectivity index (χ3v) is 4.23. The Morgan fingerprint density at radius 3 is 2.74 bits per heavy atom. The Hall–Kier alpha value is -2.32. The van der Waals surface area contributed by atoms with E-state index in [1.54, 1.807) is 6.07 Å². The zero-order valence-electron chi connectivity index (χ0n) is 13.1. The van der Waals surface area contributed by atoms with E-state index < -0.39 is 5.92 Å². The number of nitrogens with zero attached hydrogens (tertiary/aromatic N) is 2. The second kappa shape index (κ2) is 5.39. The van der Waals surface area contributed by atoms with E-state index in [2.05, 4.69) is 37.0 Å². The van der Waals surface area contributed by atoms with E-state index in [0.717, 1.165) is 16.8 Å². The van der Waals surface area contributed by atoms with Gasteiger partial charge in [0.25, 0.3) is 0 Å². The highest BCUT2D eigenvalue weighted by Gasteiger charge is 2.42. The first-order chi connectivity index (χ1) is 10.8. The Morgan fingerprint density at radius 1 is 1.39 bits per heavy atom. The van der Waals surface area contributed by atoms with Crippen LogP contribution in [0.2, 0.25) is 5.02 Å². The number of hydrogen-bond donors (Lipinski definition) is 2. The van der Waals surface area contributed by atoms with E-state index in [0.29, 0.717) is 10.9 Å². The fraction of sp³-hybridized carbons (Fsp3) is 0.353. The molecule has 0 radical (unpaired) electrons. The summed E-state index contributed by atoms with van der Waals surface area (Å²) in [5.41, 5.74) is 2.43. The lowest BCUT2D eigenvalue weighted by Crippen LogP contribution is -2.32. The molecule has 1 aromatic heterocycles.